The van der Waals surface area contributed by atoms with Crippen LogP contribution in [0.4, 0.5) is 0 Å². The Labute approximate surface area is 135 Å². The van der Waals surface area contributed by atoms with E-state index in [-0.39, 0.29) is 18.4 Å². The van der Waals surface area contributed by atoms with E-state index in [9.17, 15) is 15.0 Å². The van der Waals surface area contributed by atoms with E-state index in [4.69, 9.17) is 11.6 Å². The monoisotopic (exact) mass is 323 g/mol. The second kappa shape index (κ2) is 6.19. The molecule has 2 aliphatic rings. The van der Waals surface area contributed by atoms with Gasteiger partial charge >= 0.3 is 0 Å². The number of halogens is 1. The van der Waals surface area contributed by atoms with Gasteiger partial charge in [-0.2, -0.15) is 0 Å². The van der Waals surface area contributed by atoms with Crippen LogP contribution in [0.5, 0.6) is 0 Å². The zero-order valence-corrected chi connectivity index (χ0v) is 13.3. The second-order valence-corrected chi connectivity index (χ2v) is 6.93. The van der Waals surface area contributed by atoms with Gasteiger partial charge in [0.05, 0.1) is 11.5 Å². The Morgan fingerprint density at radius 1 is 1.32 bits per heavy atom. The third kappa shape index (κ3) is 2.64. The van der Waals surface area contributed by atoms with Gasteiger partial charge in [0.15, 0.2) is 0 Å². The first-order valence-corrected chi connectivity index (χ1v) is 8.29. The maximum atomic E-state index is 13.0. The number of carbonyl (C=O) groups excluding carboxylic acids is 1. The van der Waals surface area contributed by atoms with Gasteiger partial charge in [-0.15, -0.1) is 0 Å². The first kappa shape index (κ1) is 15.8. The highest BCUT2D eigenvalue weighted by Gasteiger charge is 2.48. The highest BCUT2D eigenvalue weighted by molar-refractivity contribution is 6.30. The van der Waals surface area contributed by atoms with Crippen molar-refractivity contribution in [2.45, 2.75) is 37.2 Å². The first-order valence-electron chi connectivity index (χ1n) is 7.91. The van der Waals surface area contributed by atoms with Crippen molar-refractivity contribution in [1.82, 2.24) is 4.90 Å². The number of rotatable bonds is 3. The molecule has 2 N–H and O–H groups in total. The Kier molecular flexibility index (Phi) is 4.44. The van der Waals surface area contributed by atoms with Crippen LogP contribution in [0.1, 0.15) is 31.2 Å². The Hall–Kier alpha value is -1.10. The fourth-order valence-electron chi connectivity index (χ4n) is 3.61. The van der Waals surface area contributed by atoms with Gasteiger partial charge in [0.1, 0.15) is 0 Å². The van der Waals surface area contributed by atoms with Crippen molar-refractivity contribution >= 4 is 17.5 Å². The number of aliphatic hydroxyl groups is 2. The van der Waals surface area contributed by atoms with E-state index in [0.717, 1.165) is 24.8 Å². The molecule has 4 nitrogen and oxygen atoms in total. The minimum absolute atomic E-state index is 0.0223. The molecule has 2 atom stereocenters. The number of carbonyl (C=O) groups is 1. The van der Waals surface area contributed by atoms with Crippen molar-refractivity contribution in [3.63, 3.8) is 0 Å². The zero-order valence-electron chi connectivity index (χ0n) is 12.5. The third-order valence-electron chi connectivity index (χ3n) is 5.26. The topological polar surface area (TPSA) is 60.8 Å². The summed E-state index contributed by atoms with van der Waals surface area (Å²) < 4.78 is 0. The summed E-state index contributed by atoms with van der Waals surface area (Å²) in [5.74, 6) is -0.00608. The Balaban J connectivity index is 1.79. The minimum Gasteiger partial charge on any atom is -0.396 e. The Bertz CT molecular complexity index is 541. The summed E-state index contributed by atoms with van der Waals surface area (Å²) in [4.78, 5) is 14.8. The maximum Gasteiger partial charge on any atom is 0.233 e. The molecule has 0 radical (unpaired) electrons. The lowest BCUT2D eigenvalue weighted by molar-refractivity contribution is -0.146. The van der Waals surface area contributed by atoms with Gasteiger partial charge in [0.2, 0.25) is 5.91 Å². The average molecular weight is 324 g/mol. The molecule has 1 saturated carbocycles. The third-order valence-corrected chi connectivity index (χ3v) is 5.51. The molecule has 1 amide bonds. The quantitative estimate of drug-likeness (QED) is 0.894. The van der Waals surface area contributed by atoms with Crippen LogP contribution >= 0.6 is 11.6 Å². The van der Waals surface area contributed by atoms with Crippen LogP contribution < -0.4 is 0 Å². The van der Waals surface area contributed by atoms with Gasteiger partial charge in [-0.1, -0.05) is 30.2 Å². The van der Waals surface area contributed by atoms with Crippen molar-refractivity contribution in [2.75, 3.05) is 19.7 Å². The number of aliphatic hydroxyl groups excluding tert-OH is 2. The number of likely N-dealkylation sites (tertiary alicyclic amines) is 1. The standard InChI is InChI=1S/C17H22ClNO3/c18-14-4-2-13(3-5-14)17(7-1-8-17)16(22)19-9-6-12(11-20)15(21)10-19/h2-5,12,15,20-21H,1,6-11H2/t12-,15+/m1/s1. The van der Waals surface area contributed by atoms with Gasteiger partial charge in [0, 0.05) is 30.6 Å². The average Bonchev–Trinajstić information content (AvgIpc) is 2.48. The van der Waals surface area contributed by atoms with Gasteiger partial charge < -0.3 is 15.1 Å². The Morgan fingerprint density at radius 3 is 2.50 bits per heavy atom. The predicted molar refractivity (Wildman–Crippen MR) is 84.8 cm³/mol. The van der Waals surface area contributed by atoms with Gasteiger partial charge in [0.25, 0.3) is 0 Å². The van der Waals surface area contributed by atoms with E-state index in [0.29, 0.717) is 24.5 Å². The lowest BCUT2D eigenvalue weighted by Gasteiger charge is -2.46. The second-order valence-electron chi connectivity index (χ2n) is 6.49. The van der Waals surface area contributed by atoms with E-state index in [2.05, 4.69) is 0 Å². The van der Waals surface area contributed by atoms with Gasteiger partial charge in [-0.3, -0.25) is 4.79 Å². The summed E-state index contributed by atoms with van der Waals surface area (Å²) in [5, 5.41) is 20.0. The molecule has 0 bridgehead atoms. The first-order chi connectivity index (χ1) is 10.6. The van der Waals surface area contributed by atoms with Crippen molar-refractivity contribution in [2.24, 2.45) is 5.92 Å². The Morgan fingerprint density at radius 2 is 2.00 bits per heavy atom. The number of hydrogen-bond acceptors (Lipinski definition) is 3. The number of hydrogen-bond donors (Lipinski definition) is 2. The number of nitrogens with zero attached hydrogens (tertiary/aromatic N) is 1. The summed E-state index contributed by atoms with van der Waals surface area (Å²) in [5.41, 5.74) is 0.572. The molecule has 1 saturated heterocycles. The van der Waals surface area contributed by atoms with Crippen LogP contribution in [0, 0.1) is 5.92 Å². The van der Waals surface area contributed by atoms with Crippen LogP contribution in [0.3, 0.4) is 0 Å². The molecule has 1 aromatic carbocycles. The molecule has 0 spiro atoms. The van der Waals surface area contributed by atoms with E-state index in [1.54, 1.807) is 4.90 Å². The summed E-state index contributed by atoms with van der Waals surface area (Å²) >= 11 is 5.95. The van der Waals surface area contributed by atoms with Crippen LogP contribution in [0.2, 0.25) is 5.02 Å². The molecule has 1 aliphatic carbocycles. The van der Waals surface area contributed by atoms with Gasteiger partial charge in [-0.05, 0) is 37.0 Å². The molecule has 22 heavy (non-hydrogen) atoms. The van der Waals surface area contributed by atoms with Crippen LogP contribution in [-0.4, -0.2) is 46.8 Å². The number of benzene rings is 1. The van der Waals surface area contributed by atoms with Crippen LogP contribution in [-0.2, 0) is 10.2 Å². The summed E-state index contributed by atoms with van der Waals surface area (Å²) in [7, 11) is 0. The van der Waals surface area contributed by atoms with Crippen LogP contribution in [0.15, 0.2) is 24.3 Å². The summed E-state index contributed by atoms with van der Waals surface area (Å²) in [6.07, 6.45) is 2.77. The highest BCUT2D eigenvalue weighted by atomic mass is 35.5. The number of β-amino-alcohol motifs (C(OH)–C–C–N with tert-alkyl or cyclic N) is 1. The molecule has 0 aromatic heterocycles. The van der Waals surface area contributed by atoms with Crippen molar-refractivity contribution in [3.8, 4) is 0 Å². The zero-order chi connectivity index (χ0) is 15.7. The normalized spacial score (nSPS) is 27.3. The lowest BCUT2D eigenvalue weighted by atomic mass is 9.63. The van der Waals surface area contributed by atoms with Crippen molar-refractivity contribution < 1.29 is 15.0 Å². The van der Waals surface area contributed by atoms with Crippen LogP contribution in [0.25, 0.3) is 0 Å². The largest absolute Gasteiger partial charge is 0.396 e. The molecular weight excluding hydrogens is 302 g/mol. The van der Waals surface area contributed by atoms with Gasteiger partial charge in [-0.25, -0.2) is 0 Å². The summed E-state index contributed by atoms with van der Waals surface area (Å²) in [6, 6.07) is 7.54. The fourth-order valence-corrected chi connectivity index (χ4v) is 3.73. The molecule has 1 heterocycles. The van der Waals surface area contributed by atoms with E-state index < -0.39 is 11.5 Å². The lowest BCUT2D eigenvalue weighted by Crippen LogP contribution is -2.56. The molecule has 1 aliphatic heterocycles. The van der Waals surface area contributed by atoms with Crippen molar-refractivity contribution in [1.29, 1.82) is 0 Å². The van der Waals surface area contributed by atoms with E-state index >= 15 is 0 Å². The number of amides is 1. The molecule has 2 fully saturated rings. The fraction of sp³-hybridized carbons (Fsp3) is 0.588. The SMILES string of the molecule is O=C(N1CC[C@H](CO)[C@@H](O)C1)C1(c2ccc(Cl)cc2)CCC1. The van der Waals surface area contributed by atoms with E-state index in [1.807, 2.05) is 24.3 Å². The molecule has 1 aromatic rings. The maximum absolute atomic E-state index is 13.0. The molecule has 5 heteroatoms. The number of piperidine rings is 1. The predicted octanol–water partition coefficient (Wildman–Crippen LogP) is 1.96. The molecule has 0 unspecified atom stereocenters. The molecule has 120 valence electrons. The summed E-state index contributed by atoms with van der Waals surface area (Å²) in [6.45, 7) is 0.904. The molecular formula is C17H22ClNO3. The highest BCUT2D eigenvalue weighted by Crippen LogP contribution is 2.45. The molecule has 3 rings (SSSR count). The smallest absolute Gasteiger partial charge is 0.233 e. The van der Waals surface area contributed by atoms with E-state index in [1.165, 1.54) is 0 Å². The minimum atomic E-state index is -0.634. The van der Waals surface area contributed by atoms with Crippen molar-refractivity contribution in [3.05, 3.63) is 34.9 Å².